The van der Waals surface area contributed by atoms with Gasteiger partial charge in [0.05, 0.1) is 0 Å². The molecular formula is C13H17FO3. The number of aliphatic carboxylic acids is 1. The summed E-state index contributed by atoms with van der Waals surface area (Å²) in [5, 5.41) is 8.97. The van der Waals surface area contributed by atoms with Crippen molar-refractivity contribution in [2.24, 2.45) is 0 Å². The molecule has 0 bridgehead atoms. The molecule has 1 aromatic rings. The Morgan fingerprint density at radius 2 is 2.24 bits per heavy atom. The number of aryl methyl sites for hydroxylation is 1. The summed E-state index contributed by atoms with van der Waals surface area (Å²) in [6.07, 6.45) is 1.03. The van der Waals surface area contributed by atoms with Crippen molar-refractivity contribution in [2.75, 3.05) is 0 Å². The van der Waals surface area contributed by atoms with E-state index in [1.54, 1.807) is 19.1 Å². The van der Waals surface area contributed by atoms with Gasteiger partial charge in [0.15, 0.2) is 17.7 Å². The van der Waals surface area contributed by atoms with E-state index in [-0.39, 0.29) is 5.75 Å². The highest BCUT2D eigenvalue weighted by atomic mass is 19.1. The molecule has 1 rings (SSSR count). The molecule has 1 unspecified atom stereocenters. The molecule has 1 aromatic carbocycles. The van der Waals surface area contributed by atoms with Crippen LogP contribution >= 0.6 is 0 Å². The molecule has 0 radical (unpaired) electrons. The first-order chi connectivity index (χ1) is 8.06. The number of ether oxygens (including phenoxy) is 1. The number of rotatable bonds is 6. The SMILES string of the molecule is CCCCC(Oc1cccc(C)c1F)C(=O)O. The Hall–Kier alpha value is -1.58. The van der Waals surface area contributed by atoms with Gasteiger partial charge in [0, 0.05) is 0 Å². The van der Waals surface area contributed by atoms with Crippen molar-refractivity contribution in [3.8, 4) is 5.75 Å². The van der Waals surface area contributed by atoms with E-state index < -0.39 is 17.9 Å². The zero-order valence-corrected chi connectivity index (χ0v) is 10.1. The number of hydrogen-bond acceptors (Lipinski definition) is 2. The van der Waals surface area contributed by atoms with Gasteiger partial charge in [0.2, 0.25) is 0 Å². The Labute approximate surface area is 100 Å². The van der Waals surface area contributed by atoms with Gasteiger partial charge in [-0.15, -0.1) is 0 Å². The average molecular weight is 240 g/mol. The van der Waals surface area contributed by atoms with Crippen LogP contribution in [0.3, 0.4) is 0 Å². The average Bonchev–Trinajstić information content (AvgIpc) is 2.29. The summed E-state index contributed by atoms with van der Waals surface area (Å²) in [6.45, 7) is 3.58. The summed E-state index contributed by atoms with van der Waals surface area (Å²) in [6, 6.07) is 4.71. The van der Waals surface area contributed by atoms with Crippen molar-refractivity contribution in [3.63, 3.8) is 0 Å². The van der Waals surface area contributed by atoms with Crippen molar-refractivity contribution >= 4 is 5.97 Å². The van der Waals surface area contributed by atoms with Crippen LogP contribution in [0.25, 0.3) is 0 Å². The minimum absolute atomic E-state index is 0.00787. The fourth-order valence-corrected chi connectivity index (χ4v) is 1.49. The summed E-state index contributed by atoms with van der Waals surface area (Å²) < 4.78 is 18.8. The fraction of sp³-hybridized carbons (Fsp3) is 0.462. The zero-order chi connectivity index (χ0) is 12.8. The molecule has 3 nitrogen and oxygen atoms in total. The lowest BCUT2D eigenvalue weighted by molar-refractivity contribution is -0.145. The Morgan fingerprint density at radius 3 is 2.82 bits per heavy atom. The lowest BCUT2D eigenvalue weighted by Gasteiger charge is -2.15. The van der Waals surface area contributed by atoms with Crippen molar-refractivity contribution in [3.05, 3.63) is 29.6 Å². The van der Waals surface area contributed by atoms with E-state index in [2.05, 4.69) is 0 Å². The molecule has 0 aliphatic heterocycles. The van der Waals surface area contributed by atoms with Gasteiger partial charge in [-0.2, -0.15) is 0 Å². The van der Waals surface area contributed by atoms with Crippen molar-refractivity contribution in [1.82, 2.24) is 0 Å². The van der Waals surface area contributed by atoms with Gasteiger partial charge in [-0.1, -0.05) is 25.5 Å². The second-order valence-electron chi connectivity index (χ2n) is 3.97. The Balaban J connectivity index is 2.78. The molecule has 0 heterocycles. The van der Waals surface area contributed by atoms with E-state index in [9.17, 15) is 9.18 Å². The maximum atomic E-state index is 13.6. The van der Waals surface area contributed by atoms with Crippen LogP contribution in [0.1, 0.15) is 31.7 Å². The number of halogens is 1. The van der Waals surface area contributed by atoms with Crippen LogP contribution in [0.2, 0.25) is 0 Å². The minimum atomic E-state index is -1.06. The summed E-state index contributed by atoms with van der Waals surface area (Å²) in [7, 11) is 0. The number of unbranched alkanes of at least 4 members (excludes halogenated alkanes) is 1. The first-order valence-corrected chi connectivity index (χ1v) is 5.70. The Morgan fingerprint density at radius 1 is 1.53 bits per heavy atom. The molecule has 0 aromatic heterocycles. The quantitative estimate of drug-likeness (QED) is 0.830. The van der Waals surface area contributed by atoms with Gasteiger partial charge >= 0.3 is 5.97 Å². The van der Waals surface area contributed by atoms with Crippen LogP contribution in [0.4, 0.5) is 4.39 Å². The Bertz CT molecular complexity index is 390. The third kappa shape index (κ3) is 3.73. The van der Waals surface area contributed by atoms with Gasteiger partial charge in [0.25, 0.3) is 0 Å². The van der Waals surface area contributed by atoms with Gasteiger partial charge in [-0.05, 0) is 31.4 Å². The van der Waals surface area contributed by atoms with E-state index in [1.807, 2.05) is 6.92 Å². The number of benzene rings is 1. The number of hydrogen-bond donors (Lipinski definition) is 1. The van der Waals surface area contributed by atoms with E-state index >= 15 is 0 Å². The smallest absolute Gasteiger partial charge is 0.344 e. The van der Waals surface area contributed by atoms with Gasteiger partial charge in [0.1, 0.15) is 0 Å². The molecular weight excluding hydrogens is 223 g/mol. The third-order valence-electron chi connectivity index (χ3n) is 2.52. The molecule has 0 saturated heterocycles. The van der Waals surface area contributed by atoms with Gasteiger partial charge in [-0.3, -0.25) is 0 Å². The number of carbonyl (C=O) groups is 1. The minimum Gasteiger partial charge on any atom is -0.479 e. The van der Waals surface area contributed by atoms with Crippen LogP contribution < -0.4 is 4.74 Å². The van der Waals surface area contributed by atoms with Crippen molar-refractivity contribution in [2.45, 2.75) is 39.2 Å². The van der Waals surface area contributed by atoms with Crippen molar-refractivity contribution in [1.29, 1.82) is 0 Å². The molecule has 0 aliphatic carbocycles. The molecule has 4 heteroatoms. The summed E-state index contributed by atoms with van der Waals surface area (Å²) in [5.74, 6) is -1.54. The molecule has 0 amide bonds. The molecule has 1 atom stereocenters. The van der Waals surface area contributed by atoms with Crippen LogP contribution in [-0.2, 0) is 4.79 Å². The van der Waals surface area contributed by atoms with Gasteiger partial charge < -0.3 is 9.84 Å². The maximum absolute atomic E-state index is 13.6. The Kier molecular flexibility index (Phi) is 4.94. The lowest BCUT2D eigenvalue weighted by Crippen LogP contribution is -2.27. The van der Waals surface area contributed by atoms with Crippen LogP contribution in [0, 0.1) is 12.7 Å². The zero-order valence-electron chi connectivity index (χ0n) is 10.1. The van der Waals surface area contributed by atoms with Crippen molar-refractivity contribution < 1.29 is 19.0 Å². The van der Waals surface area contributed by atoms with Crippen LogP contribution in [0.5, 0.6) is 5.75 Å². The highest BCUT2D eigenvalue weighted by molar-refractivity contribution is 5.72. The summed E-state index contributed by atoms with van der Waals surface area (Å²) in [5.41, 5.74) is 0.446. The molecule has 1 N–H and O–H groups in total. The van der Waals surface area contributed by atoms with E-state index in [1.165, 1.54) is 6.07 Å². The van der Waals surface area contributed by atoms with E-state index in [0.717, 1.165) is 12.8 Å². The molecule has 17 heavy (non-hydrogen) atoms. The van der Waals surface area contributed by atoms with Gasteiger partial charge in [-0.25, -0.2) is 9.18 Å². The molecule has 0 aliphatic rings. The maximum Gasteiger partial charge on any atom is 0.344 e. The van der Waals surface area contributed by atoms with Crippen LogP contribution in [0.15, 0.2) is 18.2 Å². The fourth-order valence-electron chi connectivity index (χ4n) is 1.49. The van der Waals surface area contributed by atoms with Crippen LogP contribution in [-0.4, -0.2) is 17.2 Å². The molecule has 94 valence electrons. The second-order valence-corrected chi connectivity index (χ2v) is 3.97. The molecule has 0 spiro atoms. The van der Waals surface area contributed by atoms with E-state index in [4.69, 9.17) is 9.84 Å². The highest BCUT2D eigenvalue weighted by Gasteiger charge is 2.20. The normalized spacial score (nSPS) is 12.2. The standard InChI is InChI=1S/C13H17FO3/c1-3-4-7-11(13(15)16)17-10-8-5-6-9(2)12(10)14/h5-6,8,11H,3-4,7H2,1-2H3,(H,15,16). The number of carboxylic acid groups (broad SMARTS) is 1. The topological polar surface area (TPSA) is 46.5 Å². The predicted molar refractivity (Wildman–Crippen MR) is 62.7 cm³/mol. The lowest BCUT2D eigenvalue weighted by atomic mass is 10.1. The molecule has 0 fully saturated rings. The summed E-state index contributed by atoms with van der Waals surface area (Å²) >= 11 is 0. The highest BCUT2D eigenvalue weighted by Crippen LogP contribution is 2.22. The third-order valence-corrected chi connectivity index (χ3v) is 2.52. The largest absolute Gasteiger partial charge is 0.479 e. The summed E-state index contributed by atoms with van der Waals surface area (Å²) in [4.78, 5) is 11.0. The first kappa shape index (κ1) is 13.5. The first-order valence-electron chi connectivity index (χ1n) is 5.70. The number of carboxylic acids is 1. The monoisotopic (exact) mass is 240 g/mol. The van der Waals surface area contributed by atoms with E-state index in [0.29, 0.717) is 12.0 Å². The molecule has 0 saturated carbocycles. The second kappa shape index (κ2) is 6.23. The predicted octanol–water partition coefficient (Wildman–Crippen LogP) is 3.16.